The second-order valence-corrected chi connectivity index (χ2v) is 3.04. The lowest BCUT2D eigenvalue weighted by molar-refractivity contribution is 0.299. The summed E-state index contributed by atoms with van der Waals surface area (Å²) in [5.41, 5.74) is 2.37. The highest BCUT2D eigenvalue weighted by Crippen LogP contribution is 2.13. The zero-order valence-electron chi connectivity index (χ0n) is 7.62. The van der Waals surface area contributed by atoms with Crippen molar-refractivity contribution in [3.05, 3.63) is 29.8 Å². The summed E-state index contributed by atoms with van der Waals surface area (Å²) >= 11 is 0. The minimum atomic E-state index is 0.219. The summed E-state index contributed by atoms with van der Waals surface area (Å²) < 4.78 is 0. The van der Waals surface area contributed by atoms with Gasteiger partial charge in [-0.1, -0.05) is 12.1 Å². The van der Waals surface area contributed by atoms with Gasteiger partial charge in [-0.05, 0) is 24.1 Å². The number of hydrogen-bond donors (Lipinski definition) is 1. The van der Waals surface area contributed by atoms with Crippen molar-refractivity contribution in [2.24, 2.45) is 0 Å². The lowest BCUT2D eigenvalue weighted by Gasteiger charge is -2.13. The van der Waals surface area contributed by atoms with Gasteiger partial charge in [0.2, 0.25) is 0 Å². The number of rotatable bonds is 3. The second kappa shape index (κ2) is 4.12. The summed E-state index contributed by atoms with van der Waals surface area (Å²) in [7, 11) is 4.02. The van der Waals surface area contributed by atoms with E-state index in [1.54, 1.807) is 0 Å². The molecule has 0 saturated carbocycles. The molecule has 0 bridgehead atoms. The Labute approximate surface area is 73.4 Å². The number of hydrogen-bond acceptors (Lipinski definition) is 2. The predicted molar refractivity (Wildman–Crippen MR) is 51.6 cm³/mol. The van der Waals surface area contributed by atoms with E-state index in [-0.39, 0.29) is 6.61 Å². The first-order chi connectivity index (χ1) is 5.74. The quantitative estimate of drug-likeness (QED) is 0.729. The molecule has 0 heterocycles. The van der Waals surface area contributed by atoms with Crippen LogP contribution in [0, 0.1) is 0 Å². The highest BCUT2D eigenvalue weighted by atomic mass is 16.2. The van der Waals surface area contributed by atoms with Gasteiger partial charge in [0.15, 0.2) is 0 Å². The fraction of sp³-hybridized carbons (Fsp3) is 0.400. The normalized spacial score (nSPS) is 9.92. The maximum atomic E-state index is 8.74. The molecule has 0 aromatic heterocycles. The number of aliphatic hydroxyl groups is 1. The van der Waals surface area contributed by atoms with E-state index in [0.29, 0.717) is 0 Å². The van der Waals surface area contributed by atoms with Crippen LogP contribution >= 0.6 is 0 Å². The number of aliphatic hydroxyl groups excluding tert-OH is 1. The van der Waals surface area contributed by atoms with Crippen LogP contribution in [0.4, 0.5) is 5.69 Å². The van der Waals surface area contributed by atoms with E-state index in [1.165, 1.54) is 11.3 Å². The monoisotopic (exact) mass is 165 g/mol. The molecule has 0 fully saturated rings. The Hall–Kier alpha value is -1.02. The lowest BCUT2D eigenvalue weighted by Crippen LogP contribution is -2.08. The van der Waals surface area contributed by atoms with Crippen LogP contribution in [0.25, 0.3) is 0 Å². The summed E-state index contributed by atoms with van der Waals surface area (Å²) in [5.74, 6) is 0. The molecule has 2 nitrogen and oxygen atoms in total. The molecule has 0 aliphatic rings. The Morgan fingerprint density at radius 3 is 2.67 bits per heavy atom. The summed E-state index contributed by atoms with van der Waals surface area (Å²) in [6, 6.07) is 8.20. The predicted octanol–water partition coefficient (Wildman–Crippen LogP) is 1.29. The first-order valence-corrected chi connectivity index (χ1v) is 4.11. The molecule has 1 N–H and O–H groups in total. The summed E-state index contributed by atoms with van der Waals surface area (Å²) in [4.78, 5) is 2.06. The van der Waals surface area contributed by atoms with Gasteiger partial charge >= 0.3 is 0 Å². The molecule has 0 atom stereocenters. The van der Waals surface area contributed by atoms with Crippen LogP contribution in [0.1, 0.15) is 5.56 Å². The number of benzene rings is 1. The molecular weight excluding hydrogens is 150 g/mol. The van der Waals surface area contributed by atoms with Crippen molar-refractivity contribution in [2.75, 3.05) is 25.6 Å². The smallest absolute Gasteiger partial charge is 0.0471 e. The standard InChI is InChI=1S/C10H15NO/c1-11(2)10-5-3-4-9(8-10)6-7-12/h3-5,8,12H,6-7H2,1-2H3. The molecule has 12 heavy (non-hydrogen) atoms. The fourth-order valence-corrected chi connectivity index (χ4v) is 1.12. The summed E-state index contributed by atoms with van der Waals surface area (Å²) in [6.45, 7) is 0.219. The third kappa shape index (κ3) is 2.24. The average Bonchev–Trinajstić information content (AvgIpc) is 2.05. The largest absolute Gasteiger partial charge is 0.396 e. The van der Waals surface area contributed by atoms with E-state index in [0.717, 1.165) is 6.42 Å². The number of nitrogens with zero attached hydrogens (tertiary/aromatic N) is 1. The molecule has 2 heteroatoms. The Morgan fingerprint density at radius 1 is 1.33 bits per heavy atom. The van der Waals surface area contributed by atoms with Crippen LogP contribution < -0.4 is 4.90 Å². The van der Waals surface area contributed by atoms with Crippen molar-refractivity contribution < 1.29 is 5.11 Å². The highest BCUT2D eigenvalue weighted by Gasteiger charge is 1.96. The molecule has 0 aliphatic heterocycles. The average molecular weight is 165 g/mol. The maximum Gasteiger partial charge on any atom is 0.0471 e. The molecule has 1 aromatic carbocycles. The van der Waals surface area contributed by atoms with Gasteiger partial charge in [-0.25, -0.2) is 0 Å². The summed E-state index contributed by atoms with van der Waals surface area (Å²) in [5, 5.41) is 8.74. The van der Waals surface area contributed by atoms with Gasteiger partial charge in [-0.3, -0.25) is 0 Å². The third-order valence-electron chi connectivity index (χ3n) is 1.83. The van der Waals surface area contributed by atoms with Crippen LogP contribution in [0.15, 0.2) is 24.3 Å². The minimum absolute atomic E-state index is 0.219. The zero-order chi connectivity index (χ0) is 8.97. The van der Waals surface area contributed by atoms with Crippen molar-refractivity contribution in [3.8, 4) is 0 Å². The van der Waals surface area contributed by atoms with Gasteiger partial charge in [0.1, 0.15) is 0 Å². The van der Waals surface area contributed by atoms with E-state index in [2.05, 4.69) is 17.0 Å². The maximum absolute atomic E-state index is 8.74. The Kier molecular flexibility index (Phi) is 3.11. The summed E-state index contributed by atoms with van der Waals surface area (Å²) in [6.07, 6.45) is 0.738. The van der Waals surface area contributed by atoms with E-state index < -0.39 is 0 Å². The van der Waals surface area contributed by atoms with E-state index in [4.69, 9.17) is 5.11 Å². The fourth-order valence-electron chi connectivity index (χ4n) is 1.12. The minimum Gasteiger partial charge on any atom is -0.396 e. The van der Waals surface area contributed by atoms with Crippen LogP contribution in [-0.4, -0.2) is 25.8 Å². The van der Waals surface area contributed by atoms with Gasteiger partial charge < -0.3 is 10.0 Å². The molecule has 0 amide bonds. The Bertz CT molecular complexity index is 245. The van der Waals surface area contributed by atoms with Gasteiger partial charge in [0, 0.05) is 26.4 Å². The van der Waals surface area contributed by atoms with Gasteiger partial charge in [0.25, 0.3) is 0 Å². The zero-order valence-corrected chi connectivity index (χ0v) is 7.62. The van der Waals surface area contributed by atoms with E-state index in [1.807, 2.05) is 26.2 Å². The van der Waals surface area contributed by atoms with Crippen molar-refractivity contribution >= 4 is 5.69 Å². The number of anilines is 1. The Balaban J connectivity index is 2.81. The molecule has 0 unspecified atom stereocenters. The van der Waals surface area contributed by atoms with Gasteiger partial charge in [0.05, 0.1) is 0 Å². The van der Waals surface area contributed by atoms with Gasteiger partial charge in [-0.2, -0.15) is 0 Å². The van der Waals surface area contributed by atoms with Crippen molar-refractivity contribution in [1.82, 2.24) is 0 Å². The van der Waals surface area contributed by atoms with Crippen molar-refractivity contribution in [2.45, 2.75) is 6.42 Å². The van der Waals surface area contributed by atoms with E-state index in [9.17, 15) is 0 Å². The molecule has 0 radical (unpaired) electrons. The first-order valence-electron chi connectivity index (χ1n) is 4.11. The molecule has 0 spiro atoms. The molecule has 66 valence electrons. The van der Waals surface area contributed by atoms with Crippen LogP contribution in [0.3, 0.4) is 0 Å². The molecule has 1 aromatic rings. The second-order valence-electron chi connectivity index (χ2n) is 3.04. The topological polar surface area (TPSA) is 23.5 Å². The Morgan fingerprint density at radius 2 is 2.08 bits per heavy atom. The highest BCUT2D eigenvalue weighted by molar-refractivity contribution is 5.47. The lowest BCUT2D eigenvalue weighted by atomic mass is 10.1. The van der Waals surface area contributed by atoms with Gasteiger partial charge in [-0.15, -0.1) is 0 Å². The molecule has 0 saturated heterocycles. The molecule has 1 rings (SSSR count). The van der Waals surface area contributed by atoms with Crippen LogP contribution in [0.5, 0.6) is 0 Å². The van der Waals surface area contributed by atoms with Crippen molar-refractivity contribution in [1.29, 1.82) is 0 Å². The third-order valence-corrected chi connectivity index (χ3v) is 1.83. The van der Waals surface area contributed by atoms with E-state index >= 15 is 0 Å². The SMILES string of the molecule is CN(C)c1cccc(CCO)c1. The van der Waals surface area contributed by atoms with Crippen molar-refractivity contribution in [3.63, 3.8) is 0 Å². The van der Waals surface area contributed by atoms with Crippen LogP contribution in [0.2, 0.25) is 0 Å². The van der Waals surface area contributed by atoms with Crippen LogP contribution in [-0.2, 0) is 6.42 Å². The molecular formula is C10H15NO. The first kappa shape index (κ1) is 9.07. The molecule has 0 aliphatic carbocycles.